The largest absolute Gasteiger partial charge is 0.373 e. The second-order valence-corrected chi connectivity index (χ2v) is 5.10. The molecule has 0 aliphatic heterocycles. The molecule has 0 fully saturated rings. The Labute approximate surface area is 114 Å². The Balaban J connectivity index is 2.64. The van der Waals surface area contributed by atoms with Crippen molar-refractivity contribution in [1.29, 1.82) is 0 Å². The minimum Gasteiger partial charge on any atom is -0.373 e. The highest BCUT2D eigenvalue weighted by atomic mass is 35.5. The summed E-state index contributed by atoms with van der Waals surface area (Å²) in [7, 11) is 0. The SMILES string of the molecule is CCn1nc(C)c(Cl)c1COCC(N)(CC)CC. The van der Waals surface area contributed by atoms with Crippen LogP contribution in [0.4, 0.5) is 0 Å². The molecule has 18 heavy (non-hydrogen) atoms. The summed E-state index contributed by atoms with van der Waals surface area (Å²) in [4.78, 5) is 0. The Morgan fingerprint density at radius 2 is 1.94 bits per heavy atom. The van der Waals surface area contributed by atoms with Gasteiger partial charge >= 0.3 is 0 Å². The van der Waals surface area contributed by atoms with Crippen LogP contribution in [0.1, 0.15) is 45.0 Å². The molecule has 0 saturated carbocycles. The fourth-order valence-corrected chi connectivity index (χ4v) is 2.00. The highest BCUT2D eigenvalue weighted by Gasteiger charge is 2.21. The zero-order valence-electron chi connectivity index (χ0n) is 11.8. The van der Waals surface area contributed by atoms with Crippen LogP contribution in [-0.4, -0.2) is 21.9 Å². The molecule has 0 aliphatic rings. The molecule has 0 saturated heterocycles. The maximum Gasteiger partial charge on any atom is 0.0900 e. The van der Waals surface area contributed by atoms with E-state index in [9.17, 15) is 0 Å². The summed E-state index contributed by atoms with van der Waals surface area (Å²) in [6, 6.07) is 0. The summed E-state index contributed by atoms with van der Waals surface area (Å²) in [6.07, 6.45) is 1.81. The van der Waals surface area contributed by atoms with E-state index in [2.05, 4.69) is 18.9 Å². The number of ether oxygens (including phenoxy) is 1. The van der Waals surface area contributed by atoms with Gasteiger partial charge in [0, 0.05) is 12.1 Å². The second kappa shape index (κ2) is 6.55. The fraction of sp³-hybridized carbons (Fsp3) is 0.769. The molecule has 4 nitrogen and oxygen atoms in total. The molecule has 1 aromatic heterocycles. The van der Waals surface area contributed by atoms with Crippen molar-refractivity contribution in [2.45, 2.75) is 59.2 Å². The van der Waals surface area contributed by atoms with Crippen molar-refractivity contribution >= 4 is 11.6 Å². The van der Waals surface area contributed by atoms with Gasteiger partial charge in [0.05, 0.1) is 29.6 Å². The Morgan fingerprint density at radius 1 is 1.33 bits per heavy atom. The molecule has 0 atom stereocenters. The third kappa shape index (κ3) is 3.46. The minimum absolute atomic E-state index is 0.238. The maximum atomic E-state index is 6.22. The number of halogens is 1. The van der Waals surface area contributed by atoms with Crippen molar-refractivity contribution in [2.75, 3.05) is 6.61 Å². The van der Waals surface area contributed by atoms with Gasteiger partial charge in [0.2, 0.25) is 0 Å². The van der Waals surface area contributed by atoms with Gasteiger partial charge in [-0.05, 0) is 26.7 Å². The molecule has 0 aliphatic carbocycles. The first kappa shape index (κ1) is 15.5. The number of aromatic nitrogens is 2. The fourth-order valence-electron chi connectivity index (χ4n) is 1.81. The lowest BCUT2D eigenvalue weighted by atomic mass is 9.96. The zero-order valence-corrected chi connectivity index (χ0v) is 12.5. The van der Waals surface area contributed by atoms with Crippen LogP contribution >= 0.6 is 11.6 Å². The predicted octanol–water partition coefficient (Wildman–Crippen LogP) is 2.90. The minimum atomic E-state index is -0.238. The monoisotopic (exact) mass is 273 g/mol. The van der Waals surface area contributed by atoms with Crippen LogP contribution in [0.3, 0.4) is 0 Å². The van der Waals surface area contributed by atoms with Gasteiger partial charge < -0.3 is 10.5 Å². The molecule has 2 N–H and O–H groups in total. The molecular weight excluding hydrogens is 250 g/mol. The van der Waals surface area contributed by atoms with Crippen LogP contribution in [0.15, 0.2) is 0 Å². The van der Waals surface area contributed by atoms with Crippen molar-refractivity contribution < 1.29 is 4.74 Å². The topological polar surface area (TPSA) is 53.1 Å². The zero-order chi connectivity index (χ0) is 13.8. The van der Waals surface area contributed by atoms with Crippen LogP contribution in [0, 0.1) is 6.92 Å². The van der Waals surface area contributed by atoms with Gasteiger partial charge in [0.25, 0.3) is 0 Å². The second-order valence-electron chi connectivity index (χ2n) is 4.72. The van der Waals surface area contributed by atoms with Crippen molar-refractivity contribution in [3.8, 4) is 0 Å². The summed E-state index contributed by atoms with van der Waals surface area (Å²) in [6.45, 7) is 9.92. The van der Waals surface area contributed by atoms with E-state index < -0.39 is 0 Å². The van der Waals surface area contributed by atoms with E-state index in [1.165, 1.54) is 0 Å². The third-order valence-corrected chi connectivity index (χ3v) is 3.98. The third-order valence-electron chi connectivity index (χ3n) is 3.49. The summed E-state index contributed by atoms with van der Waals surface area (Å²) >= 11 is 6.22. The first-order chi connectivity index (χ1) is 8.47. The highest BCUT2D eigenvalue weighted by Crippen LogP contribution is 2.21. The van der Waals surface area contributed by atoms with E-state index in [-0.39, 0.29) is 5.54 Å². The first-order valence-electron chi connectivity index (χ1n) is 6.55. The van der Waals surface area contributed by atoms with Gasteiger partial charge in [-0.3, -0.25) is 4.68 Å². The van der Waals surface area contributed by atoms with Gasteiger partial charge in [-0.15, -0.1) is 0 Å². The molecule has 0 spiro atoms. The van der Waals surface area contributed by atoms with Crippen molar-refractivity contribution in [3.63, 3.8) is 0 Å². The predicted molar refractivity (Wildman–Crippen MR) is 74.8 cm³/mol. The number of nitrogens with zero attached hydrogens (tertiary/aromatic N) is 2. The summed E-state index contributed by atoms with van der Waals surface area (Å²) in [5.74, 6) is 0. The molecule has 1 rings (SSSR count). The van der Waals surface area contributed by atoms with Gasteiger partial charge in [-0.25, -0.2) is 0 Å². The molecular formula is C13H24ClN3O. The van der Waals surface area contributed by atoms with Gasteiger partial charge in [0.15, 0.2) is 0 Å². The molecule has 0 amide bonds. The number of rotatable bonds is 7. The number of hydrogen-bond donors (Lipinski definition) is 1. The van der Waals surface area contributed by atoms with E-state index in [1.807, 2.05) is 18.5 Å². The first-order valence-corrected chi connectivity index (χ1v) is 6.93. The summed E-state index contributed by atoms with van der Waals surface area (Å²) in [5, 5.41) is 5.06. The number of aryl methyl sites for hydroxylation is 2. The van der Waals surface area contributed by atoms with Crippen LogP contribution < -0.4 is 5.73 Å². The molecule has 1 heterocycles. The molecule has 0 bridgehead atoms. The molecule has 104 valence electrons. The Morgan fingerprint density at radius 3 is 2.44 bits per heavy atom. The van der Waals surface area contributed by atoms with Crippen LogP contribution in [-0.2, 0) is 17.9 Å². The highest BCUT2D eigenvalue weighted by molar-refractivity contribution is 6.31. The Hall–Kier alpha value is -0.580. The summed E-state index contributed by atoms with van der Waals surface area (Å²) in [5.41, 5.74) is 7.74. The average molecular weight is 274 g/mol. The van der Waals surface area contributed by atoms with Gasteiger partial charge in [-0.2, -0.15) is 5.10 Å². The van der Waals surface area contributed by atoms with Crippen LogP contribution in [0.25, 0.3) is 0 Å². The molecule has 0 unspecified atom stereocenters. The molecule has 0 aromatic carbocycles. The van der Waals surface area contributed by atoms with E-state index in [0.717, 1.165) is 30.8 Å². The summed E-state index contributed by atoms with van der Waals surface area (Å²) < 4.78 is 7.62. The van der Waals surface area contributed by atoms with Crippen LogP contribution in [0.5, 0.6) is 0 Å². The smallest absolute Gasteiger partial charge is 0.0900 e. The number of hydrogen-bond acceptors (Lipinski definition) is 3. The van der Waals surface area contributed by atoms with Gasteiger partial charge in [-0.1, -0.05) is 25.4 Å². The van der Waals surface area contributed by atoms with Crippen molar-refractivity contribution in [3.05, 3.63) is 16.4 Å². The van der Waals surface area contributed by atoms with Crippen molar-refractivity contribution in [1.82, 2.24) is 9.78 Å². The standard InChI is InChI=1S/C13H24ClN3O/c1-5-13(15,6-2)9-18-8-11-12(14)10(4)16-17(11)7-3/h5-9,15H2,1-4H3. The van der Waals surface area contributed by atoms with E-state index in [0.29, 0.717) is 18.2 Å². The van der Waals surface area contributed by atoms with Crippen LogP contribution in [0.2, 0.25) is 5.02 Å². The molecule has 0 radical (unpaired) electrons. The average Bonchev–Trinajstić information content (AvgIpc) is 2.66. The molecule has 1 aromatic rings. The van der Waals surface area contributed by atoms with E-state index in [4.69, 9.17) is 22.1 Å². The lowest BCUT2D eigenvalue weighted by Gasteiger charge is -2.26. The van der Waals surface area contributed by atoms with Gasteiger partial charge in [0.1, 0.15) is 0 Å². The quantitative estimate of drug-likeness (QED) is 0.831. The van der Waals surface area contributed by atoms with Crippen molar-refractivity contribution in [2.24, 2.45) is 5.73 Å². The molecule has 5 heteroatoms. The van der Waals surface area contributed by atoms with E-state index in [1.54, 1.807) is 0 Å². The van der Waals surface area contributed by atoms with E-state index >= 15 is 0 Å². The Kier molecular flexibility index (Phi) is 5.63. The normalized spacial score (nSPS) is 12.1. The number of nitrogens with two attached hydrogens (primary N) is 1. The lowest BCUT2D eigenvalue weighted by Crippen LogP contribution is -2.43. The Bertz CT molecular complexity index is 386. The maximum absolute atomic E-state index is 6.22. The lowest BCUT2D eigenvalue weighted by molar-refractivity contribution is 0.0657.